The molecule has 0 bridgehead atoms. The maximum Gasteiger partial charge on any atom is 0.411 e. The van der Waals surface area contributed by atoms with Gasteiger partial charge in [-0.15, -0.1) is 0 Å². The van der Waals surface area contributed by atoms with E-state index >= 15 is 0 Å². The molecule has 0 aliphatic carbocycles. The van der Waals surface area contributed by atoms with Crippen LogP contribution in [0.3, 0.4) is 0 Å². The third-order valence-corrected chi connectivity index (χ3v) is 2.45. The first-order valence-electron chi connectivity index (χ1n) is 5.70. The van der Waals surface area contributed by atoms with Crippen LogP contribution >= 0.6 is 0 Å². The second-order valence-electron chi connectivity index (χ2n) is 3.77. The zero-order valence-corrected chi connectivity index (χ0v) is 9.95. The van der Waals surface area contributed by atoms with Gasteiger partial charge in [0.1, 0.15) is 0 Å². The van der Waals surface area contributed by atoms with E-state index in [9.17, 15) is 4.79 Å². The number of nitrogens with one attached hydrogen (secondary N) is 1. The lowest BCUT2D eigenvalue weighted by Gasteiger charge is -2.05. The lowest BCUT2D eigenvalue weighted by molar-refractivity contribution is 0.187. The summed E-state index contributed by atoms with van der Waals surface area (Å²) < 4.78 is 4.51. The largest absolute Gasteiger partial charge is 0.453 e. The van der Waals surface area contributed by atoms with E-state index in [1.807, 2.05) is 24.3 Å². The van der Waals surface area contributed by atoms with Crippen molar-refractivity contribution in [2.75, 3.05) is 12.4 Å². The maximum absolute atomic E-state index is 10.9. The first-order chi connectivity index (χ1) is 7.76. The van der Waals surface area contributed by atoms with Crippen molar-refractivity contribution in [2.45, 2.75) is 32.6 Å². The highest BCUT2D eigenvalue weighted by Crippen LogP contribution is 2.12. The molecule has 0 fully saturated rings. The zero-order chi connectivity index (χ0) is 11.8. The lowest BCUT2D eigenvalue weighted by Crippen LogP contribution is -2.10. The molecular weight excluding hydrogens is 202 g/mol. The van der Waals surface area contributed by atoms with E-state index in [2.05, 4.69) is 17.0 Å². The lowest BCUT2D eigenvalue weighted by atomic mass is 10.1. The van der Waals surface area contributed by atoms with Crippen LogP contribution in [0.1, 0.15) is 31.7 Å². The van der Waals surface area contributed by atoms with Crippen LogP contribution < -0.4 is 5.32 Å². The Morgan fingerprint density at radius 2 is 1.94 bits per heavy atom. The number of unbranched alkanes of at least 4 members (excludes halogenated alkanes) is 2. The van der Waals surface area contributed by atoms with Crippen molar-refractivity contribution in [3.8, 4) is 0 Å². The number of ether oxygens (including phenoxy) is 1. The van der Waals surface area contributed by atoms with Crippen molar-refractivity contribution in [2.24, 2.45) is 0 Å². The second-order valence-corrected chi connectivity index (χ2v) is 3.77. The van der Waals surface area contributed by atoms with Crippen molar-refractivity contribution in [1.29, 1.82) is 0 Å². The molecule has 3 nitrogen and oxygen atoms in total. The first kappa shape index (κ1) is 12.6. The highest BCUT2D eigenvalue weighted by atomic mass is 16.5. The fourth-order valence-corrected chi connectivity index (χ4v) is 1.50. The molecule has 1 aromatic carbocycles. The third kappa shape index (κ3) is 4.34. The quantitative estimate of drug-likeness (QED) is 0.771. The summed E-state index contributed by atoms with van der Waals surface area (Å²) in [6, 6.07) is 7.89. The first-order valence-corrected chi connectivity index (χ1v) is 5.70. The molecule has 3 heteroatoms. The summed E-state index contributed by atoms with van der Waals surface area (Å²) in [6.07, 6.45) is 4.40. The number of anilines is 1. The average molecular weight is 221 g/mol. The summed E-state index contributed by atoms with van der Waals surface area (Å²) >= 11 is 0. The number of hydrogen-bond donors (Lipinski definition) is 1. The van der Waals surface area contributed by atoms with Gasteiger partial charge in [-0.25, -0.2) is 4.79 Å². The molecule has 0 saturated heterocycles. The molecule has 0 radical (unpaired) electrons. The summed E-state index contributed by atoms with van der Waals surface area (Å²) in [6.45, 7) is 2.20. The van der Waals surface area contributed by atoms with E-state index < -0.39 is 6.09 Å². The van der Waals surface area contributed by atoms with Gasteiger partial charge >= 0.3 is 6.09 Å². The summed E-state index contributed by atoms with van der Waals surface area (Å²) in [4.78, 5) is 10.9. The van der Waals surface area contributed by atoms with Crippen LogP contribution in [0.2, 0.25) is 0 Å². The predicted octanol–water partition coefficient (Wildman–Crippen LogP) is 3.60. The van der Waals surface area contributed by atoms with E-state index in [1.165, 1.54) is 31.9 Å². The van der Waals surface area contributed by atoms with Crippen LogP contribution in [0.4, 0.5) is 10.5 Å². The van der Waals surface area contributed by atoms with Crippen molar-refractivity contribution < 1.29 is 9.53 Å². The number of amides is 1. The Hall–Kier alpha value is -1.51. The molecule has 0 atom stereocenters. The minimum Gasteiger partial charge on any atom is -0.453 e. The molecule has 0 aliphatic heterocycles. The Morgan fingerprint density at radius 1 is 1.25 bits per heavy atom. The smallest absolute Gasteiger partial charge is 0.411 e. The number of rotatable bonds is 5. The number of benzene rings is 1. The van der Waals surface area contributed by atoms with Crippen LogP contribution in [0.15, 0.2) is 24.3 Å². The van der Waals surface area contributed by atoms with Gasteiger partial charge in [0.05, 0.1) is 7.11 Å². The molecular formula is C13H19NO2. The van der Waals surface area contributed by atoms with Crippen LogP contribution in [0.25, 0.3) is 0 Å². The van der Waals surface area contributed by atoms with Gasteiger partial charge in [-0.3, -0.25) is 5.32 Å². The SMILES string of the molecule is CCCCCc1ccc(NC(=O)OC)cc1. The number of carbonyl (C=O) groups is 1. The van der Waals surface area contributed by atoms with Crippen LogP contribution in [-0.2, 0) is 11.2 Å². The van der Waals surface area contributed by atoms with Crippen LogP contribution in [-0.4, -0.2) is 13.2 Å². The highest BCUT2D eigenvalue weighted by molar-refractivity contribution is 5.84. The minimum atomic E-state index is -0.432. The van der Waals surface area contributed by atoms with E-state index in [0.717, 1.165) is 12.1 Å². The molecule has 1 aromatic rings. The van der Waals surface area contributed by atoms with Crippen molar-refractivity contribution in [3.63, 3.8) is 0 Å². The van der Waals surface area contributed by atoms with Gasteiger partial charge in [0, 0.05) is 5.69 Å². The topological polar surface area (TPSA) is 38.3 Å². The molecule has 0 spiro atoms. The Labute approximate surface area is 96.8 Å². The fraction of sp³-hybridized carbons (Fsp3) is 0.462. The van der Waals surface area contributed by atoms with E-state index in [0.29, 0.717) is 0 Å². The Kier molecular flexibility index (Phi) is 5.40. The van der Waals surface area contributed by atoms with E-state index in [1.54, 1.807) is 0 Å². The monoisotopic (exact) mass is 221 g/mol. The summed E-state index contributed by atoms with van der Waals surface area (Å²) in [7, 11) is 1.36. The van der Waals surface area contributed by atoms with Crippen molar-refractivity contribution >= 4 is 11.8 Å². The number of aryl methyl sites for hydroxylation is 1. The van der Waals surface area contributed by atoms with Gasteiger partial charge in [0.25, 0.3) is 0 Å². The normalized spacial score (nSPS) is 9.88. The maximum atomic E-state index is 10.9. The summed E-state index contributed by atoms with van der Waals surface area (Å²) in [5, 5.41) is 2.62. The van der Waals surface area contributed by atoms with Gasteiger partial charge < -0.3 is 4.74 Å². The Morgan fingerprint density at radius 3 is 2.50 bits per heavy atom. The Bertz CT molecular complexity index is 319. The minimum absolute atomic E-state index is 0.432. The van der Waals surface area contributed by atoms with Gasteiger partial charge in [-0.2, -0.15) is 0 Å². The molecule has 1 amide bonds. The van der Waals surface area contributed by atoms with E-state index in [-0.39, 0.29) is 0 Å². The molecule has 16 heavy (non-hydrogen) atoms. The second kappa shape index (κ2) is 6.88. The van der Waals surface area contributed by atoms with Crippen LogP contribution in [0, 0.1) is 0 Å². The average Bonchev–Trinajstić information content (AvgIpc) is 2.31. The van der Waals surface area contributed by atoms with Gasteiger partial charge in [-0.05, 0) is 30.5 Å². The van der Waals surface area contributed by atoms with Gasteiger partial charge in [0.15, 0.2) is 0 Å². The fourth-order valence-electron chi connectivity index (χ4n) is 1.50. The van der Waals surface area contributed by atoms with Crippen molar-refractivity contribution in [3.05, 3.63) is 29.8 Å². The van der Waals surface area contributed by atoms with E-state index in [4.69, 9.17) is 0 Å². The molecule has 0 aliphatic rings. The van der Waals surface area contributed by atoms with Crippen LogP contribution in [0.5, 0.6) is 0 Å². The number of methoxy groups -OCH3 is 1. The molecule has 1 rings (SSSR count). The van der Waals surface area contributed by atoms with Crippen molar-refractivity contribution in [1.82, 2.24) is 0 Å². The number of hydrogen-bond acceptors (Lipinski definition) is 2. The molecule has 1 N–H and O–H groups in total. The summed E-state index contributed by atoms with van der Waals surface area (Å²) in [5.41, 5.74) is 2.08. The molecule has 0 saturated carbocycles. The molecule has 0 unspecified atom stereocenters. The number of carbonyl (C=O) groups excluding carboxylic acids is 1. The third-order valence-electron chi connectivity index (χ3n) is 2.45. The highest BCUT2D eigenvalue weighted by Gasteiger charge is 1.99. The molecule has 0 aromatic heterocycles. The van der Waals surface area contributed by atoms with Gasteiger partial charge in [-0.1, -0.05) is 31.9 Å². The summed E-state index contributed by atoms with van der Waals surface area (Å²) in [5.74, 6) is 0. The zero-order valence-electron chi connectivity index (χ0n) is 9.95. The molecule has 0 heterocycles. The Balaban J connectivity index is 2.44. The standard InChI is InChI=1S/C13H19NO2/c1-3-4-5-6-11-7-9-12(10-8-11)14-13(15)16-2/h7-10H,3-6H2,1-2H3,(H,14,15). The molecule has 88 valence electrons. The van der Waals surface area contributed by atoms with Gasteiger partial charge in [0.2, 0.25) is 0 Å². The predicted molar refractivity (Wildman–Crippen MR) is 65.7 cm³/mol.